The number of rotatable bonds is 10. The van der Waals surface area contributed by atoms with E-state index in [2.05, 4.69) is 57.0 Å². The van der Waals surface area contributed by atoms with Crippen molar-refractivity contribution in [1.29, 1.82) is 5.26 Å². The lowest BCUT2D eigenvalue weighted by Crippen LogP contribution is -2.54. The molecule has 1 aliphatic carbocycles. The van der Waals surface area contributed by atoms with Crippen LogP contribution in [0.4, 0.5) is 11.6 Å². The van der Waals surface area contributed by atoms with Crippen LogP contribution >= 0.6 is 11.6 Å². The minimum Gasteiger partial charge on any atom is -0.487 e. The summed E-state index contributed by atoms with van der Waals surface area (Å²) in [7, 11) is 0. The molecule has 3 aromatic rings. The molecule has 0 spiro atoms. The van der Waals surface area contributed by atoms with Crippen molar-refractivity contribution in [3.63, 3.8) is 0 Å². The number of imide groups is 2. The molecule has 58 heavy (non-hydrogen) atoms. The fourth-order valence-corrected chi connectivity index (χ4v) is 9.02. The monoisotopic (exact) mass is 802 g/mol. The van der Waals surface area contributed by atoms with Crippen molar-refractivity contribution < 1.29 is 23.9 Å². The van der Waals surface area contributed by atoms with Crippen molar-refractivity contribution in [2.45, 2.75) is 64.0 Å². The van der Waals surface area contributed by atoms with Gasteiger partial charge in [0.1, 0.15) is 18.4 Å². The van der Waals surface area contributed by atoms with Gasteiger partial charge in [0.15, 0.2) is 0 Å². The Hall–Kier alpha value is -5.58. The van der Waals surface area contributed by atoms with E-state index in [-0.39, 0.29) is 30.1 Å². The zero-order chi connectivity index (χ0) is 40.6. The van der Waals surface area contributed by atoms with Gasteiger partial charge in [-0.15, -0.1) is 0 Å². The summed E-state index contributed by atoms with van der Waals surface area (Å²) in [6.45, 7) is 10.9. The smallest absolute Gasteiger partial charge is 0.262 e. The zero-order valence-electron chi connectivity index (χ0n) is 32.8. The van der Waals surface area contributed by atoms with E-state index in [0.717, 1.165) is 91.8 Å². The number of carbonyl (C=O) groups is 4. The predicted molar refractivity (Wildman–Crippen MR) is 218 cm³/mol. The number of hydrogen-bond donors (Lipinski definition) is 1. The molecule has 3 fully saturated rings. The first-order chi connectivity index (χ1) is 28.0. The van der Waals surface area contributed by atoms with E-state index in [4.69, 9.17) is 21.3 Å². The molecule has 8 rings (SSSR count). The van der Waals surface area contributed by atoms with E-state index < -0.39 is 23.8 Å². The molecule has 2 aromatic carbocycles. The SMILES string of the molecule is CC(C)(C1=CC(Cl)=CC(C#N)C1)c1ccc(OCc2ccnc(N3CCN(CC4CCN(c5ccc6c(c5)C(=O)N(C5CCC(=O)NC5=O)C6=O)CC4)CC3)n2)cc1. The second-order valence-electron chi connectivity index (χ2n) is 16.3. The summed E-state index contributed by atoms with van der Waals surface area (Å²) in [5.41, 5.74) is 4.30. The number of carbonyl (C=O) groups excluding carboxylic acids is 4. The Morgan fingerprint density at radius 1 is 0.914 bits per heavy atom. The summed E-state index contributed by atoms with van der Waals surface area (Å²) < 4.78 is 6.14. The zero-order valence-corrected chi connectivity index (χ0v) is 33.6. The normalized spacial score (nSPS) is 22.0. The van der Waals surface area contributed by atoms with Crippen molar-refractivity contribution in [3.05, 3.63) is 99.9 Å². The first-order valence-electron chi connectivity index (χ1n) is 20.1. The molecule has 13 nitrogen and oxygen atoms in total. The lowest BCUT2D eigenvalue weighted by Gasteiger charge is -2.39. The Morgan fingerprint density at radius 3 is 2.38 bits per heavy atom. The van der Waals surface area contributed by atoms with E-state index in [1.807, 2.05) is 36.4 Å². The van der Waals surface area contributed by atoms with Crippen molar-refractivity contribution in [2.24, 2.45) is 11.8 Å². The average molecular weight is 803 g/mol. The number of ether oxygens (including phenoxy) is 1. The first-order valence-corrected chi connectivity index (χ1v) is 20.5. The molecule has 5 heterocycles. The van der Waals surface area contributed by atoms with Crippen LogP contribution in [0.5, 0.6) is 5.75 Å². The molecule has 1 N–H and O–H groups in total. The highest BCUT2D eigenvalue weighted by molar-refractivity contribution is 6.31. The second kappa shape index (κ2) is 16.3. The predicted octanol–water partition coefficient (Wildman–Crippen LogP) is 5.37. The Labute approximate surface area is 343 Å². The number of amides is 4. The number of allylic oxidation sites excluding steroid dienone is 4. The van der Waals surface area contributed by atoms with Crippen molar-refractivity contribution in [3.8, 4) is 11.8 Å². The van der Waals surface area contributed by atoms with E-state index in [1.54, 1.807) is 18.3 Å². The molecule has 14 heteroatoms. The molecule has 2 unspecified atom stereocenters. The summed E-state index contributed by atoms with van der Waals surface area (Å²) in [5.74, 6) is -0.156. The summed E-state index contributed by atoms with van der Waals surface area (Å²) in [6, 6.07) is 16.7. The maximum atomic E-state index is 13.3. The van der Waals surface area contributed by atoms with Gasteiger partial charge in [-0.2, -0.15) is 5.26 Å². The molecular formula is C44H47ClN8O5. The molecular weight excluding hydrogens is 756 g/mol. The Morgan fingerprint density at radius 2 is 1.66 bits per heavy atom. The molecule has 5 aliphatic rings. The maximum absolute atomic E-state index is 13.3. The summed E-state index contributed by atoms with van der Waals surface area (Å²) in [5, 5.41) is 12.3. The van der Waals surface area contributed by atoms with Crippen LogP contribution in [0.3, 0.4) is 0 Å². The van der Waals surface area contributed by atoms with Crippen LogP contribution in [-0.4, -0.2) is 95.3 Å². The highest BCUT2D eigenvalue weighted by Crippen LogP contribution is 2.40. The average Bonchev–Trinajstić information content (AvgIpc) is 3.48. The largest absolute Gasteiger partial charge is 0.487 e. The third kappa shape index (κ3) is 8.08. The van der Waals surface area contributed by atoms with Crippen molar-refractivity contribution >= 4 is 46.9 Å². The Balaban J connectivity index is 0.790. The molecule has 4 amide bonds. The number of nitrogens with one attached hydrogen (secondary N) is 1. The fourth-order valence-electron chi connectivity index (χ4n) is 8.73. The van der Waals surface area contributed by atoms with Crippen LogP contribution < -0.4 is 19.9 Å². The van der Waals surface area contributed by atoms with Gasteiger partial charge in [-0.1, -0.05) is 43.2 Å². The topological polar surface area (TPSA) is 152 Å². The van der Waals surface area contributed by atoms with E-state index in [0.29, 0.717) is 41.1 Å². The molecule has 0 saturated carbocycles. The molecule has 4 aliphatic heterocycles. The number of piperazine rings is 1. The van der Waals surface area contributed by atoms with E-state index in [1.165, 1.54) is 0 Å². The summed E-state index contributed by atoms with van der Waals surface area (Å²) in [4.78, 5) is 68.0. The molecule has 2 atom stereocenters. The van der Waals surface area contributed by atoms with Gasteiger partial charge in [0.05, 0.1) is 28.8 Å². The van der Waals surface area contributed by atoms with Gasteiger partial charge < -0.3 is 14.5 Å². The number of hydrogen-bond acceptors (Lipinski definition) is 11. The first kappa shape index (κ1) is 39.3. The van der Waals surface area contributed by atoms with Gasteiger partial charge in [0, 0.05) is 74.6 Å². The number of aromatic nitrogens is 2. The van der Waals surface area contributed by atoms with Crippen LogP contribution in [0.1, 0.15) is 77.9 Å². The third-order valence-electron chi connectivity index (χ3n) is 12.3. The highest BCUT2D eigenvalue weighted by atomic mass is 35.5. The van der Waals surface area contributed by atoms with Crippen LogP contribution in [0, 0.1) is 23.2 Å². The standard InChI is InChI=1S/C44H47ClN8O5/c1-44(2,31-21-29(25-46)22-32(45)23-31)30-3-6-35(7-4-30)58-27-33-11-14-47-43(48-33)52-19-17-50(18-20-52)26-28-12-15-51(16-13-28)34-5-8-36-37(24-34)42(57)53(41(36)56)38-9-10-39(54)49-40(38)55/h3-8,11,14,22-24,28-29,38H,9-10,12-13,15-21,26-27H2,1-2H3,(H,49,54,55). The highest BCUT2D eigenvalue weighted by Gasteiger charge is 2.45. The lowest BCUT2D eigenvalue weighted by atomic mass is 9.73. The lowest BCUT2D eigenvalue weighted by molar-refractivity contribution is -0.136. The van der Waals surface area contributed by atoms with Crippen LogP contribution in [-0.2, 0) is 21.6 Å². The summed E-state index contributed by atoms with van der Waals surface area (Å²) in [6.07, 6.45) is 8.52. The molecule has 3 saturated heterocycles. The van der Waals surface area contributed by atoms with Crippen LogP contribution in [0.2, 0.25) is 0 Å². The third-order valence-corrected chi connectivity index (χ3v) is 12.6. The van der Waals surface area contributed by atoms with Gasteiger partial charge >= 0.3 is 0 Å². The van der Waals surface area contributed by atoms with Gasteiger partial charge in [-0.3, -0.25) is 34.3 Å². The number of benzene rings is 2. The molecule has 300 valence electrons. The van der Waals surface area contributed by atoms with Crippen LogP contribution in [0.15, 0.2) is 77.5 Å². The van der Waals surface area contributed by atoms with Gasteiger partial charge in [-0.25, -0.2) is 9.97 Å². The molecule has 1 aromatic heterocycles. The Kier molecular flexibility index (Phi) is 11.1. The number of piperidine rings is 2. The van der Waals surface area contributed by atoms with Gasteiger partial charge in [0.2, 0.25) is 17.8 Å². The number of anilines is 2. The maximum Gasteiger partial charge on any atom is 0.262 e. The quantitative estimate of drug-likeness (QED) is 0.264. The van der Waals surface area contributed by atoms with E-state index >= 15 is 0 Å². The van der Waals surface area contributed by atoms with Crippen molar-refractivity contribution in [1.82, 2.24) is 25.1 Å². The number of fused-ring (bicyclic) bond motifs is 1. The van der Waals surface area contributed by atoms with Gasteiger partial charge in [-0.05, 0) is 85.7 Å². The van der Waals surface area contributed by atoms with Crippen LogP contribution in [0.25, 0.3) is 0 Å². The minimum atomic E-state index is -0.969. The van der Waals surface area contributed by atoms with Gasteiger partial charge in [0.25, 0.3) is 11.8 Å². The summed E-state index contributed by atoms with van der Waals surface area (Å²) >= 11 is 6.34. The number of nitrogens with zero attached hydrogens (tertiary/aromatic N) is 7. The molecule has 0 bridgehead atoms. The van der Waals surface area contributed by atoms with E-state index in [9.17, 15) is 24.4 Å². The Bertz CT molecular complexity index is 2220. The molecule has 0 radical (unpaired) electrons. The number of halogens is 1. The number of nitriles is 1. The fraction of sp³-hybridized carbons (Fsp3) is 0.432. The second-order valence-corrected chi connectivity index (χ2v) is 16.8. The van der Waals surface area contributed by atoms with Crippen molar-refractivity contribution in [2.75, 3.05) is 55.6 Å². The minimum absolute atomic E-state index is 0.0946.